The van der Waals surface area contributed by atoms with Crippen LogP contribution in [0.1, 0.15) is 76.8 Å². The van der Waals surface area contributed by atoms with Gasteiger partial charge in [-0.05, 0) is 65.9 Å². The number of hydrogen-bond donors (Lipinski definition) is 4. The van der Waals surface area contributed by atoms with Crippen LogP contribution in [-0.4, -0.2) is 48.3 Å². The second kappa shape index (κ2) is 13.3. The smallest absolute Gasteiger partial charge is 0.279 e. The number of rotatable bonds is 12. The number of nitrogens with two attached hydrogens (primary N) is 1. The average Bonchev–Trinajstić information content (AvgIpc) is 3.69. The highest BCUT2D eigenvalue weighted by molar-refractivity contribution is 7.90. The van der Waals surface area contributed by atoms with Gasteiger partial charge in [0.15, 0.2) is 23.0 Å². The molecule has 15 heteroatoms. The van der Waals surface area contributed by atoms with Gasteiger partial charge in [0.25, 0.3) is 27.7 Å². The lowest BCUT2D eigenvalue weighted by molar-refractivity contribution is -0.126. The molecule has 5 rings (SSSR count). The fraction of sp³-hybridized carbons (Fsp3) is 0.258. The number of hydrogen-bond acceptors (Lipinski definition) is 10. The van der Waals surface area contributed by atoms with Crippen LogP contribution < -0.4 is 30.0 Å². The van der Waals surface area contributed by atoms with E-state index in [1.807, 2.05) is 20.8 Å². The zero-order chi connectivity index (χ0) is 33.0. The second-order valence-corrected chi connectivity index (χ2v) is 12.4. The van der Waals surface area contributed by atoms with Crippen molar-refractivity contribution < 1.29 is 37.0 Å². The van der Waals surface area contributed by atoms with Crippen LogP contribution in [0.15, 0.2) is 65.6 Å². The number of H-pyrrole nitrogens is 1. The number of ether oxygens (including phenoxy) is 3. The van der Waals surface area contributed by atoms with Gasteiger partial charge in [-0.2, -0.15) is 0 Å². The highest BCUT2D eigenvalue weighted by Crippen LogP contribution is 2.36. The van der Waals surface area contributed by atoms with E-state index in [2.05, 4.69) is 25.4 Å². The molecule has 240 valence electrons. The van der Waals surface area contributed by atoms with Gasteiger partial charge in [0.05, 0.1) is 4.90 Å². The Morgan fingerprint density at radius 3 is 2.41 bits per heavy atom. The van der Waals surface area contributed by atoms with Gasteiger partial charge >= 0.3 is 0 Å². The van der Waals surface area contributed by atoms with E-state index < -0.39 is 33.8 Å². The Labute approximate surface area is 264 Å². The molecule has 1 aromatic heterocycles. The third-order valence-electron chi connectivity index (χ3n) is 7.14. The maximum absolute atomic E-state index is 13.7. The molecule has 1 atom stereocenters. The number of primary amides is 1. The van der Waals surface area contributed by atoms with Gasteiger partial charge in [0.1, 0.15) is 5.75 Å². The zero-order valence-electron chi connectivity index (χ0n) is 25.2. The number of sulfonamides is 1. The fourth-order valence-electron chi connectivity index (χ4n) is 4.73. The zero-order valence-corrected chi connectivity index (χ0v) is 26.0. The van der Waals surface area contributed by atoms with E-state index in [1.54, 1.807) is 36.4 Å². The van der Waals surface area contributed by atoms with Crippen molar-refractivity contribution in [3.63, 3.8) is 0 Å². The van der Waals surface area contributed by atoms with Gasteiger partial charge < -0.3 is 25.3 Å². The van der Waals surface area contributed by atoms with Crippen molar-refractivity contribution in [2.24, 2.45) is 5.73 Å². The summed E-state index contributed by atoms with van der Waals surface area (Å²) in [4.78, 5) is 38.2. The summed E-state index contributed by atoms with van der Waals surface area (Å²) in [6.07, 6.45) is -0.340. The van der Waals surface area contributed by atoms with Gasteiger partial charge in [0, 0.05) is 11.1 Å². The third-order valence-corrected chi connectivity index (χ3v) is 8.50. The number of aryl methyl sites for hydroxylation is 1. The Balaban J connectivity index is 1.45. The number of aromatic nitrogens is 3. The van der Waals surface area contributed by atoms with E-state index in [9.17, 15) is 22.8 Å². The van der Waals surface area contributed by atoms with Crippen LogP contribution >= 0.6 is 0 Å². The molecular formula is C31H32N6O8S. The van der Waals surface area contributed by atoms with Crippen molar-refractivity contribution in [1.82, 2.24) is 20.1 Å². The first kappa shape index (κ1) is 32.0. The number of nitrogens with one attached hydrogen (secondary N) is 3. The summed E-state index contributed by atoms with van der Waals surface area (Å²) in [5.41, 5.74) is 7.08. The highest BCUT2D eigenvalue weighted by Gasteiger charge is 2.30. The van der Waals surface area contributed by atoms with E-state index in [4.69, 9.17) is 19.9 Å². The minimum Gasteiger partial charge on any atom is -0.475 e. The number of carbonyl (C=O) groups excluding carboxylic acids is 3. The normalized spacial score (nSPS) is 12.9. The van der Waals surface area contributed by atoms with Crippen molar-refractivity contribution in [3.05, 3.63) is 88.6 Å². The number of fused-ring (bicyclic) bond motifs is 1. The molecule has 3 amide bonds. The predicted octanol–water partition coefficient (Wildman–Crippen LogP) is 3.59. The molecule has 0 aliphatic carbocycles. The molecule has 0 bridgehead atoms. The maximum atomic E-state index is 13.7. The summed E-state index contributed by atoms with van der Waals surface area (Å²) in [6.45, 7) is 5.89. The Hall–Kier alpha value is -5.44. The first-order chi connectivity index (χ1) is 22.0. The second-order valence-electron chi connectivity index (χ2n) is 10.7. The Morgan fingerprint density at radius 2 is 1.72 bits per heavy atom. The summed E-state index contributed by atoms with van der Waals surface area (Å²) < 4.78 is 45.8. The topological polar surface area (TPSA) is 205 Å². The molecule has 0 fully saturated rings. The first-order valence-corrected chi connectivity index (χ1v) is 15.8. The van der Waals surface area contributed by atoms with Crippen molar-refractivity contribution in [2.45, 2.75) is 50.5 Å². The van der Waals surface area contributed by atoms with Crippen molar-refractivity contribution >= 4 is 33.6 Å². The largest absolute Gasteiger partial charge is 0.475 e. The molecule has 1 aliphatic rings. The molecule has 0 spiro atoms. The molecule has 1 unspecified atom stereocenters. The molecular weight excluding hydrogens is 616 g/mol. The Morgan fingerprint density at radius 1 is 1.00 bits per heavy atom. The molecule has 46 heavy (non-hydrogen) atoms. The Kier molecular flexibility index (Phi) is 9.23. The number of aromatic amines is 1. The Bertz CT molecular complexity index is 1890. The number of nitrogens with zero attached hydrogens (tertiary/aromatic N) is 2. The van der Waals surface area contributed by atoms with Crippen LogP contribution in [0.4, 0.5) is 5.82 Å². The lowest BCUT2D eigenvalue weighted by Gasteiger charge is -2.22. The van der Waals surface area contributed by atoms with Crippen LogP contribution in [0.2, 0.25) is 0 Å². The number of benzene rings is 3. The molecule has 2 heterocycles. The fourth-order valence-corrected chi connectivity index (χ4v) is 5.71. The van der Waals surface area contributed by atoms with Crippen LogP contribution in [0.3, 0.4) is 0 Å². The van der Waals surface area contributed by atoms with E-state index in [0.29, 0.717) is 35.5 Å². The molecule has 3 aromatic carbocycles. The van der Waals surface area contributed by atoms with Gasteiger partial charge in [-0.3, -0.25) is 14.4 Å². The first-order valence-electron chi connectivity index (χ1n) is 14.3. The SMILES string of the molecule is CCCc1cc(C(=O)Nc2[nH]nnc2C(N)=O)ccc1OC(C(=O)NS(=O)(=O)c1ccc(C(C)C)cc1)c1ccc2c(c1)OCO2. The minimum atomic E-state index is -4.27. The number of anilines is 1. The molecule has 0 radical (unpaired) electrons. The summed E-state index contributed by atoms with van der Waals surface area (Å²) in [5.74, 6) is -1.18. The predicted molar refractivity (Wildman–Crippen MR) is 165 cm³/mol. The molecule has 14 nitrogen and oxygen atoms in total. The lowest BCUT2D eigenvalue weighted by atomic mass is 10.0. The van der Waals surface area contributed by atoms with Crippen molar-refractivity contribution in [3.8, 4) is 17.2 Å². The van der Waals surface area contributed by atoms with Crippen molar-refractivity contribution in [2.75, 3.05) is 12.1 Å². The molecule has 1 aliphatic heterocycles. The summed E-state index contributed by atoms with van der Waals surface area (Å²) in [6, 6.07) is 15.5. The van der Waals surface area contributed by atoms with Crippen LogP contribution in [-0.2, 0) is 21.2 Å². The van der Waals surface area contributed by atoms with Crippen molar-refractivity contribution in [1.29, 1.82) is 0 Å². The van der Waals surface area contributed by atoms with Crippen LogP contribution in [0, 0.1) is 0 Å². The monoisotopic (exact) mass is 648 g/mol. The maximum Gasteiger partial charge on any atom is 0.279 e. The molecule has 0 saturated heterocycles. The van der Waals surface area contributed by atoms with E-state index in [1.165, 1.54) is 24.3 Å². The van der Waals surface area contributed by atoms with Gasteiger partial charge in [-0.1, -0.05) is 50.6 Å². The third kappa shape index (κ3) is 6.94. The molecule has 4 aromatic rings. The van der Waals surface area contributed by atoms with Crippen LogP contribution in [0.5, 0.6) is 17.2 Å². The number of carbonyl (C=O) groups is 3. The summed E-state index contributed by atoms with van der Waals surface area (Å²) in [5, 5.41) is 12.0. The molecule has 5 N–H and O–H groups in total. The van der Waals surface area contributed by atoms with Crippen LogP contribution in [0.25, 0.3) is 0 Å². The summed E-state index contributed by atoms with van der Waals surface area (Å²) in [7, 11) is -4.27. The summed E-state index contributed by atoms with van der Waals surface area (Å²) >= 11 is 0. The average molecular weight is 649 g/mol. The lowest BCUT2D eigenvalue weighted by Crippen LogP contribution is -2.37. The van der Waals surface area contributed by atoms with E-state index >= 15 is 0 Å². The van der Waals surface area contributed by atoms with E-state index in [-0.39, 0.29) is 40.4 Å². The molecule has 0 saturated carbocycles. The standard InChI is InChI=1S/C31H32N6O8S/c1-4-5-19-14-21(30(39)33-29-26(28(32)38)34-37-35-29)9-12-23(19)45-27(20-8-13-24-25(15-20)44-16-43-24)31(40)36-46(41,42)22-10-6-18(7-11-22)17(2)3/h6-15,17,27H,4-5,16H2,1-3H3,(H2,32,38)(H,36,40)(H2,33,34,35,37,39). The number of amides is 3. The van der Waals surface area contributed by atoms with E-state index in [0.717, 1.165) is 5.56 Å². The highest BCUT2D eigenvalue weighted by atomic mass is 32.2. The van der Waals surface area contributed by atoms with Gasteiger partial charge in [0.2, 0.25) is 12.9 Å². The van der Waals surface area contributed by atoms with Gasteiger partial charge in [-0.15, -0.1) is 5.10 Å². The van der Waals surface area contributed by atoms with Gasteiger partial charge in [-0.25, -0.2) is 18.2 Å². The quantitative estimate of drug-likeness (QED) is 0.176. The minimum absolute atomic E-state index is 0.00300.